The first-order chi connectivity index (χ1) is 9.58. The van der Waals surface area contributed by atoms with Gasteiger partial charge in [0.1, 0.15) is 0 Å². The van der Waals surface area contributed by atoms with Gasteiger partial charge in [-0.3, -0.25) is 9.69 Å². The van der Waals surface area contributed by atoms with Crippen LogP contribution in [0, 0.1) is 6.92 Å². The molecule has 20 heavy (non-hydrogen) atoms. The molecule has 104 valence electrons. The van der Waals surface area contributed by atoms with Crippen molar-refractivity contribution in [2.45, 2.75) is 26.4 Å². The molecule has 0 aliphatic rings. The lowest BCUT2D eigenvalue weighted by atomic mass is 10.0. The smallest absolute Gasteiger partial charge is 0.179 e. The molecule has 2 heteroatoms. The van der Waals surface area contributed by atoms with Crippen molar-refractivity contribution in [3.63, 3.8) is 0 Å². The Balaban J connectivity index is 2.05. The maximum Gasteiger partial charge on any atom is 0.179 e. The van der Waals surface area contributed by atoms with Crippen LogP contribution >= 0.6 is 0 Å². The lowest BCUT2D eigenvalue weighted by molar-refractivity contribution is 0.0862. The van der Waals surface area contributed by atoms with Gasteiger partial charge in [0.05, 0.1) is 6.04 Å². The van der Waals surface area contributed by atoms with Crippen LogP contribution in [0.2, 0.25) is 0 Å². The Morgan fingerprint density at radius 3 is 2.45 bits per heavy atom. The molecule has 2 rings (SSSR count). The van der Waals surface area contributed by atoms with E-state index in [1.165, 1.54) is 11.1 Å². The summed E-state index contributed by atoms with van der Waals surface area (Å²) in [5.74, 6) is 0.167. The van der Waals surface area contributed by atoms with E-state index in [4.69, 9.17) is 0 Å². The summed E-state index contributed by atoms with van der Waals surface area (Å²) >= 11 is 0. The highest BCUT2D eigenvalue weighted by Crippen LogP contribution is 2.12. The topological polar surface area (TPSA) is 20.3 Å². The second kappa shape index (κ2) is 6.49. The van der Waals surface area contributed by atoms with Gasteiger partial charge in [-0.2, -0.15) is 0 Å². The molecule has 2 nitrogen and oxygen atoms in total. The van der Waals surface area contributed by atoms with Crippen LogP contribution in [0.3, 0.4) is 0 Å². The molecule has 0 spiro atoms. The maximum absolute atomic E-state index is 12.4. The van der Waals surface area contributed by atoms with E-state index in [0.29, 0.717) is 0 Å². The first kappa shape index (κ1) is 14.5. The zero-order valence-corrected chi connectivity index (χ0v) is 12.3. The van der Waals surface area contributed by atoms with Gasteiger partial charge >= 0.3 is 0 Å². The van der Waals surface area contributed by atoms with Gasteiger partial charge in [0.25, 0.3) is 0 Å². The van der Waals surface area contributed by atoms with Crippen molar-refractivity contribution in [2.24, 2.45) is 0 Å². The fourth-order valence-electron chi connectivity index (χ4n) is 2.28. The van der Waals surface area contributed by atoms with E-state index in [1.807, 2.05) is 44.3 Å². The summed E-state index contributed by atoms with van der Waals surface area (Å²) in [6.45, 7) is 4.83. The molecule has 1 unspecified atom stereocenters. The van der Waals surface area contributed by atoms with E-state index in [0.717, 1.165) is 12.1 Å². The molecule has 0 heterocycles. The molecule has 0 radical (unpaired) electrons. The Bertz CT molecular complexity index is 577. The number of carbonyl (C=O) groups is 1. The molecular weight excluding hydrogens is 246 g/mol. The van der Waals surface area contributed by atoms with E-state index in [-0.39, 0.29) is 11.8 Å². The van der Waals surface area contributed by atoms with Crippen LogP contribution in [0.15, 0.2) is 54.6 Å². The molecule has 1 atom stereocenters. The number of hydrogen-bond donors (Lipinski definition) is 0. The molecule has 0 N–H and O–H groups in total. The fraction of sp³-hybridized carbons (Fsp3) is 0.278. The Labute approximate surface area is 121 Å². The SMILES string of the molecule is Cc1cccc(CN(C)C(C)C(=O)c2ccccc2)c1. The van der Waals surface area contributed by atoms with E-state index in [1.54, 1.807) is 0 Å². The van der Waals surface area contributed by atoms with Crippen molar-refractivity contribution >= 4 is 5.78 Å². The Hall–Kier alpha value is -1.93. The van der Waals surface area contributed by atoms with Crippen molar-refractivity contribution < 1.29 is 4.79 Å². The third-order valence-electron chi connectivity index (χ3n) is 3.61. The number of Topliss-reactive ketones (excluding diaryl/α,β-unsaturated/α-hetero) is 1. The normalized spacial score (nSPS) is 12.4. The van der Waals surface area contributed by atoms with Crippen molar-refractivity contribution in [3.05, 3.63) is 71.3 Å². The predicted octanol–water partition coefficient (Wildman–Crippen LogP) is 3.70. The fourth-order valence-corrected chi connectivity index (χ4v) is 2.28. The van der Waals surface area contributed by atoms with Crippen LogP contribution in [-0.4, -0.2) is 23.8 Å². The third kappa shape index (κ3) is 3.55. The highest BCUT2D eigenvalue weighted by molar-refractivity contribution is 5.99. The lowest BCUT2D eigenvalue weighted by Crippen LogP contribution is -2.35. The largest absolute Gasteiger partial charge is 0.292 e. The zero-order chi connectivity index (χ0) is 14.5. The van der Waals surface area contributed by atoms with Gasteiger partial charge in [0.2, 0.25) is 0 Å². The maximum atomic E-state index is 12.4. The average molecular weight is 267 g/mol. The van der Waals surface area contributed by atoms with Crippen molar-refractivity contribution in [2.75, 3.05) is 7.05 Å². The molecular formula is C18H21NO. The number of benzene rings is 2. The quantitative estimate of drug-likeness (QED) is 0.770. The highest BCUT2D eigenvalue weighted by atomic mass is 16.1. The number of likely N-dealkylation sites (N-methyl/N-ethyl adjacent to an activating group) is 1. The van der Waals surface area contributed by atoms with Crippen LogP contribution in [-0.2, 0) is 6.54 Å². The summed E-state index contributed by atoms with van der Waals surface area (Å²) in [4.78, 5) is 14.5. The number of rotatable bonds is 5. The molecule has 0 saturated heterocycles. The summed E-state index contributed by atoms with van der Waals surface area (Å²) < 4.78 is 0. The number of carbonyl (C=O) groups excluding carboxylic acids is 1. The van der Waals surface area contributed by atoms with Gasteiger partial charge in [0.15, 0.2) is 5.78 Å². The molecule has 0 saturated carbocycles. The summed E-state index contributed by atoms with van der Waals surface area (Å²) in [5, 5.41) is 0. The minimum Gasteiger partial charge on any atom is -0.292 e. The molecule has 0 bridgehead atoms. The number of ketones is 1. The Kier molecular flexibility index (Phi) is 4.70. The van der Waals surface area contributed by atoms with E-state index < -0.39 is 0 Å². The van der Waals surface area contributed by atoms with Crippen molar-refractivity contribution in [3.8, 4) is 0 Å². The van der Waals surface area contributed by atoms with Crippen LogP contribution in [0.5, 0.6) is 0 Å². The first-order valence-electron chi connectivity index (χ1n) is 6.93. The first-order valence-corrected chi connectivity index (χ1v) is 6.93. The summed E-state index contributed by atoms with van der Waals surface area (Å²) in [6, 6.07) is 17.8. The molecule has 0 aromatic heterocycles. The van der Waals surface area contributed by atoms with Gasteiger partial charge in [-0.1, -0.05) is 60.2 Å². The van der Waals surface area contributed by atoms with Gasteiger partial charge in [-0.25, -0.2) is 0 Å². The van der Waals surface area contributed by atoms with Crippen molar-refractivity contribution in [1.82, 2.24) is 4.90 Å². The second-order valence-electron chi connectivity index (χ2n) is 5.31. The molecule has 2 aromatic carbocycles. The molecule has 0 amide bonds. The minimum atomic E-state index is -0.127. The summed E-state index contributed by atoms with van der Waals surface area (Å²) in [5.41, 5.74) is 3.26. The number of aryl methyl sites for hydroxylation is 1. The van der Waals surface area contributed by atoms with Crippen molar-refractivity contribution in [1.29, 1.82) is 0 Å². The van der Waals surface area contributed by atoms with Crippen LogP contribution in [0.1, 0.15) is 28.4 Å². The molecule has 0 fully saturated rings. The van der Waals surface area contributed by atoms with Crippen LogP contribution in [0.25, 0.3) is 0 Å². The van der Waals surface area contributed by atoms with Gasteiger partial charge in [-0.05, 0) is 26.5 Å². The predicted molar refractivity (Wildman–Crippen MR) is 82.9 cm³/mol. The van der Waals surface area contributed by atoms with Gasteiger partial charge in [0, 0.05) is 12.1 Å². The van der Waals surface area contributed by atoms with E-state index in [2.05, 4.69) is 36.1 Å². The molecule has 0 aliphatic carbocycles. The number of nitrogens with zero attached hydrogens (tertiary/aromatic N) is 1. The second-order valence-corrected chi connectivity index (χ2v) is 5.31. The van der Waals surface area contributed by atoms with Crippen LogP contribution < -0.4 is 0 Å². The van der Waals surface area contributed by atoms with Gasteiger partial charge < -0.3 is 0 Å². The minimum absolute atomic E-state index is 0.127. The highest BCUT2D eigenvalue weighted by Gasteiger charge is 2.19. The zero-order valence-electron chi connectivity index (χ0n) is 12.3. The number of hydrogen-bond acceptors (Lipinski definition) is 2. The lowest BCUT2D eigenvalue weighted by Gasteiger charge is -2.23. The van der Waals surface area contributed by atoms with Crippen LogP contribution in [0.4, 0.5) is 0 Å². The summed E-state index contributed by atoms with van der Waals surface area (Å²) in [6.07, 6.45) is 0. The van der Waals surface area contributed by atoms with Gasteiger partial charge in [-0.15, -0.1) is 0 Å². The third-order valence-corrected chi connectivity index (χ3v) is 3.61. The Morgan fingerprint density at radius 1 is 1.10 bits per heavy atom. The summed E-state index contributed by atoms with van der Waals surface area (Å²) in [7, 11) is 1.99. The monoisotopic (exact) mass is 267 g/mol. The average Bonchev–Trinajstić information content (AvgIpc) is 2.46. The van der Waals surface area contributed by atoms with E-state index in [9.17, 15) is 4.79 Å². The molecule has 0 aliphatic heterocycles. The molecule has 2 aromatic rings. The van der Waals surface area contributed by atoms with E-state index >= 15 is 0 Å². The Morgan fingerprint density at radius 2 is 1.80 bits per heavy atom. The standard InChI is InChI=1S/C18H21NO/c1-14-8-7-9-16(12-14)13-19(3)15(2)18(20)17-10-5-4-6-11-17/h4-12,15H,13H2,1-3H3.